The van der Waals surface area contributed by atoms with Crippen molar-refractivity contribution in [3.8, 4) is 0 Å². The zero-order valence-corrected chi connectivity index (χ0v) is 13.8. The molecule has 2 heterocycles. The molecule has 0 unspecified atom stereocenters. The summed E-state index contributed by atoms with van der Waals surface area (Å²) < 4.78 is 19.5. The fourth-order valence-electron chi connectivity index (χ4n) is 2.62. The minimum Gasteiger partial charge on any atom is -0.467 e. The predicted molar refractivity (Wildman–Crippen MR) is 86.3 cm³/mol. The summed E-state index contributed by atoms with van der Waals surface area (Å²) in [5.41, 5.74) is 1.04. The van der Waals surface area contributed by atoms with Crippen molar-refractivity contribution in [2.75, 3.05) is 26.2 Å². The molecule has 1 aromatic heterocycles. The quantitative estimate of drug-likeness (QED) is 0.888. The predicted octanol–water partition coefficient (Wildman–Crippen LogP) is 3.60. The summed E-state index contributed by atoms with van der Waals surface area (Å²) in [5.74, 6) is 0.651. The lowest BCUT2D eigenvalue weighted by molar-refractivity contribution is 0.180. The van der Waals surface area contributed by atoms with Crippen LogP contribution in [0.5, 0.6) is 0 Å². The second kappa shape index (κ2) is 7.40. The van der Waals surface area contributed by atoms with Crippen LogP contribution >= 0.6 is 28.3 Å². The van der Waals surface area contributed by atoms with E-state index in [9.17, 15) is 4.39 Å². The molecule has 0 bridgehead atoms. The van der Waals surface area contributed by atoms with Crippen LogP contribution < -0.4 is 5.32 Å². The molecule has 1 atom stereocenters. The van der Waals surface area contributed by atoms with Crippen LogP contribution in [0.1, 0.15) is 17.4 Å². The largest absolute Gasteiger partial charge is 0.467 e. The standard InChI is InChI=1S/C15H16BrFN2O.ClH/c16-12-10-11(3-4-13(12)17)15(14-2-1-9-20-14)19-7-5-18-6-8-19;/h1-4,9-10,15,18H,5-8H2;1H/t15-;/m1./s1. The Hall–Kier alpha value is -0.880. The van der Waals surface area contributed by atoms with Crippen molar-refractivity contribution >= 4 is 28.3 Å². The van der Waals surface area contributed by atoms with Crippen LogP contribution in [-0.2, 0) is 0 Å². The summed E-state index contributed by atoms with van der Waals surface area (Å²) in [4.78, 5) is 2.36. The van der Waals surface area contributed by atoms with Crippen LogP contribution in [0.25, 0.3) is 0 Å². The minimum atomic E-state index is -0.243. The average molecular weight is 376 g/mol. The van der Waals surface area contributed by atoms with E-state index in [1.807, 2.05) is 24.3 Å². The smallest absolute Gasteiger partial charge is 0.137 e. The molecule has 6 heteroatoms. The van der Waals surface area contributed by atoms with Crippen LogP contribution in [0.3, 0.4) is 0 Å². The maximum atomic E-state index is 13.5. The summed E-state index contributed by atoms with van der Waals surface area (Å²) in [7, 11) is 0. The normalized spacial score (nSPS) is 17.2. The van der Waals surface area contributed by atoms with Gasteiger partial charge in [-0.3, -0.25) is 4.90 Å². The van der Waals surface area contributed by atoms with Crippen LogP contribution in [0.2, 0.25) is 0 Å². The van der Waals surface area contributed by atoms with Gasteiger partial charge in [0.05, 0.1) is 16.8 Å². The molecule has 0 radical (unpaired) electrons. The fraction of sp³-hybridized carbons (Fsp3) is 0.333. The van der Waals surface area contributed by atoms with Crippen molar-refractivity contribution in [2.24, 2.45) is 0 Å². The number of benzene rings is 1. The number of furan rings is 1. The third-order valence-corrected chi connectivity index (χ3v) is 4.20. The van der Waals surface area contributed by atoms with E-state index >= 15 is 0 Å². The summed E-state index contributed by atoms with van der Waals surface area (Å²) in [5, 5.41) is 3.35. The number of hydrogen-bond donors (Lipinski definition) is 1. The highest BCUT2D eigenvalue weighted by Gasteiger charge is 2.26. The second-order valence-corrected chi connectivity index (χ2v) is 5.73. The van der Waals surface area contributed by atoms with Gasteiger partial charge in [0, 0.05) is 26.2 Å². The molecule has 0 amide bonds. The first-order chi connectivity index (χ1) is 9.75. The van der Waals surface area contributed by atoms with Gasteiger partial charge in [-0.25, -0.2) is 4.39 Å². The molecular formula is C15H17BrClFN2O. The molecule has 114 valence electrons. The van der Waals surface area contributed by atoms with Crippen molar-refractivity contribution in [3.63, 3.8) is 0 Å². The molecule has 0 aliphatic carbocycles. The number of nitrogens with zero attached hydrogens (tertiary/aromatic N) is 1. The van der Waals surface area contributed by atoms with Gasteiger partial charge in [-0.05, 0) is 45.8 Å². The van der Waals surface area contributed by atoms with Gasteiger partial charge in [0.1, 0.15) is 11.6 Å². The van der Waals surface area contributed by atoms with Crippen molar-refractivity contribution in [2.45, 2.75) is 6.04 Å². The molecule has 1 fully saturated rings. The highest BCUT2D eigenvalue weighted by molar-refractivity contribution is 9.10. The third kappa shape index (κ3) is 3.66. The van der Waals surface area contributed by atoms with Gasteiger partial charge in [-0.15, -0.1) is 12.4 Å². The number of halogens is 3. The van der Waals surface area contributed by atoms with Gasteiger partial charge in [-0.1, -0.05) is 6.07 Å². The molecule has 1 N–H and O–H groups in total. The Labute approximate surface area is 138 Å². The Balaban J connectivity index is 0.00000161. The number of hydrogen-bond acceptors (Lipinski definition) is 3. The molecule has 3 nitrogen and oxygen atoms in total. The number of piperazine rings is 1. The lowest BCUT2D eigenvalue weighted by Gasteiger charge is -2.34. The molecule has 1 aliphatic rings. The third-order valence-electron chi connectivity index (χ3n) is 3.59. The van der Waals surface area contributed by atoms with Gasteiger partial charge in [0.25, 0.3) is 0 Å². The van der Waals surface area contributed by atoms with E-state index in [-0.39, 0.29) is 24.3 Å². The molecule has 2 aromatic rings. The monoisotopic (exact) mass is 374 g/mol. The van der Waals surface area contributed by atoms with E-state index < -0.39 is 0 Å². The summed E-state index contributed by atoms with van der Waals surface area (Å²) in [6.45, 7) is 3.81. The lowest BCUT2D eigenvalue weighted by Crippen LogP contribution is -2.45. The molecule has 1 aromatic carbocycles. The molecule has 21 heavy (non-hydrogen) atoms. The van der Waals surface area contributed by atoms with E-state index in [0.717, 1.165) is 37.5 Å². The van der Waals surface area contributed by atoms with Crippen molar-refractivity contribution in [3.05, 3.63) is 58.2 Å². The van der Waals surface area contributed by atoms with E-state index in [1.54, 1.807) is 6.26 Å². The van der Waals surface area contributed by atoms with Crippen LogP contribution in [0.4, 0.5) is 4.39 Å². The Morgan fingerprint density at radius 1 is 1.24 bits per heavy atom. The van der Waals surface area contributed by atoms with Gasteiger partial charge in [-0.2, -0.15) is 0 Å². The first kappa shape index (κ1) is 16.5. The Kier molecular flexibility index (Phi) is 5.81. The molecule has 1 saturated heterocycles. The molecular weight excluding hydrogens is 359 g/mol. The lowest BCUT2D eigenvalue weighted by atomic mass is 10.0. The fourth-order valence-corrected chi connectivity index (χ4v) is 3.02. The summed E-state index contributed by atoms with van der Waals surface area (Å²) in [6, 6.07) is 9.06. The minimum absolute atomic E-state index is 0. The maximum absolute atomic E-state index is 13.5. The zero-order valence-electron chi connectivity index (χ0n) is 11.4. The first-order valence-corrected chi connectivity index (χ1v) is 7.48. The maximum Gasteiger partial charge on any atom is 0.137 e. The first-order valence-electron chi connectivity index (χ1n) is 6.69. The van der Waals surface area contributed by atoms with Crippen molar-refractivity contribution in [1.29, 1.82) is 0 Å². The molecule has 0 spiro atoms. The van der Waals surface area contributed by atoms with Gasteiger partial charge in [0.15, 0.2) is 0 Å². The number of rotatable bonds is 3. The molecule has 1 aliphatic heterocycles. The Morgan fingerprint density at radius 2 is 2.00 bits per heavy atom. The number of nitrogens with one attached hydrogen (secondary N) is 1. The van der Waals surface area contributed by atoms with Gasteiger partial charge < -0.3 is 9.73 Å². The second-order valence-electron chi connectivity index (χ2n) is 4.88. The molecule has 0 saturated carbocycles. The average Bonchev–Trinajstić information content (AvgIpc) is 2.98. The SMILES string of the molecule is Cl.Fc1ccc([C@H](c2ccco2)N2CCNCC2)cc1Br. The van der Waals surface area contributed by atoms with E-state index in [4.69, 9.17) is 4.42 Å². The molecule has 3 rings (SSSR count). The zero-order chi connectivity index (χ0) is 13.9. The van der Waals surface area contributed by atoms with Gasteiger partial charge >= 0.3 is 0 Å². The Morgan fingerprint density at radius 3 is 2.62 bits per heavy atom. The van der Waals surface area contributed by atoms with Crippen LogP contribution in [0.15, 0.2) is 45.5 Å². The highest BCUT2D eigenvalue weighted by Crippen LogP contribution is 2.31. The van der Waals surface area contributed by atoms with Crippen LogP contribution in [-0.4, -0.2) is 31.1 Å². The van der Waals surface area contributed by atoms with Gasteiger partial charge in [0.2, 0.25) is 0 Å². The van der Waals surface area contributed by atoms with Crippen molar-refractivity contribution in [1.82, 2.24) is 10.2 Å². The van der Waals surface area contributed by atoms with E-state index in [1.165, 1.54) is 6.07 Å². The van der Waals surface area contributed by atoms with E-state index in [0.29, 0.717) is 4.47 Å². The van der Waals surface area contributed by atoms with Crippen molar-refractivity contribution < 1.29 is 8.81 Å². The summed E-state index contributed by atoms with van der Waals surface area (Å²) >= 11 is 3.27. The topological polar surface area (TPSA) is 28.4 Å². The van der Waals surface area contributed by atoms with E-state index in [2.05, 4.69) is 26.1 Å². The van der Waals surface area contributed by atoms with Crippen LogP contribution in [0, 0.1) is 5.82 Å². The summed E-state index contributed by atoms with van der Waals surface area (Å²) in [6.07, 6.45) is 1.68. The highest BCUT2D eigenvalue weighted by atomic mass is 79.9. The Bertz CT molecular complexity index is 573.